The van der Waals surface area contributed by atoms with Gasteiger partial charge in [0, 0.05) is 12.2 Å². The van der Waals surface area contributed by atoms with E-state index in [2.05, 4.69) is 53.8 Å². The number of hydrogen-bond donors (Lipinski definition) is 1. The van der Waals surface area contributed by atoms with Crippen LogP contribution in [0.3, 0.4) is 0 Å². The van der Waals surface area contributed by atoms with Crippen LogP contribution in [0, 0.1) is 0 Å². The van der Waals surface area contributed by atoms with Crippen LogP contribution < -0.4 is 5.32 Å². The Morgan fingerprint density at radius 2 is 1.78 bits per heavy atom. The third-order valence-corrected chi connectivity index (χ3v) is 3.72. The molecule has 0 aliphatic carbocycles. The van der Waals surface area contributed by atoms with Crippen molar-refractivity contribution in [1.82, 2.24) is 0 Å². The number of benzene rings is 2. The van der Waals surface area contributed by atoms with E-state index in [-0.39, 0.29) is 0 Å². The van der Waals surface area contributed by atoms with Gasteiger partial charge in [-0.25, -0.2) is 0 Å². The van der Waals surface area contributed by atoms with Gasteiger partial charge in [-0.3, -0.25) is 0 Å². The molecule has 0 atom stereocenters. The summed E-state index contributed by atoms with van der Waals surface area (Å²) >= 11 is 0. The van der Waals surface area contributed by atoms with Crippen LogP contribution in [0.1, 0.15) is 23.1 Å². The smallest absolute Gasteiger partial charge is 0.0375 e. The van der Waals surface area contributed by atoms with Crippen LogP contribution in [0.15, 0.2) is 48.5 Å². The van der Waals surface area contributed by atoms with E-state index in [1.165, 1.54) is 29.7 Å². The van der Waals surface area contributed by atoms with E-state index >= 15 is 0 Å². The molecule has 2 aromatic carbocycles. The highest BCUT2D eigenvalue weighted by atomic mass is 14.9. The zero-order valence-electron chi connectivity index (χ0n) is 10.7. The summed E-state index contributed by atoms with van der Waals surface area (Å²) in [5.41, 5.74) is 5.84. The summed E-state index contributed by atoms with van der Waals surface area (Å²) in [5.74, 6) is 0. The molecular weight excluding hydrogens is 218 g/mol. The minimum absolute atomic E-state index is 1.12. The predicted octanol–water partition coefficient (Wildman–Crippen LogP) is 3.83. The molecule has 1 aliphatic rings. The van der Waals surface area contributed by atoms with Gasteiger partial charge in [0.2, 0.25) is 0 Å². The molecule has 0 spiro atoms. The molecule has 1 N–H and O–H groups in total. The van der Waals surface area contributed by atoms with E-state index in [1.54, 1.807) is 5.56 Å². The fraction of sp³-hybridized carbons (Fsp3) is 0.294. The molecule has 18 heavy (non-hydrogen) atoms. The lowest BCUT2D eigenvalue weighted by Gasteiger charge is -2.21. The minimum Gasteiger partial charge on any atom is -0.385 e. The topological polar surface area (TPSA) is 12.0 Å². The van der Waals surface area contributed by atoms with E-state index in [4.69, 9.17) is 0 Å². The van der Waals surface area contributed by atoms with Gasteiger partial charge in [0.15, 0.2) is 0 Å². The van der Waals surface area contributed by atoms with Crippen molar-refractivity contribution in [2.75, 3.05) is 11.9 Å². The first-order valence-electron chi connectivity index (χ1n) is 6.82. The molecule has 0 fully saturated rings. The fourth-order valence-corrected chi connectivity index (χ4v) is 2.74. The van der Waals surface area contributed by atoms with Crippen molar-refractivity contribution in [3.63, 3.8) is 0 Å². The Balaban J connectivity index is 1.77. The van der Waals surface area contributed by atoms with Gasteiger partial charge in [0.25, 0.3) is 0 Å². The summed E-state index contributed by atoms with van der Waals surface area (Å²) < 4.78 is 0. The maximum Gasteiger partial charge on any atom is 0.0375 e. The number of fused-ring (bicyclic) bond motifs is 1. The second kappa shape index (κ2) is 5.26. The molecule has 1 nitrogen and oxygen atoms in total. The van der Waals surface area contributed by atoms with Crippen LogP contribution in [0.2, 0.25) is 0 Å². The quantitative estimate of drug-likeness (QED) is 0.855. The van der Waals surface area contributed by atoms with Gasteiger partial charge < -0.3 is 5.32 Å². The highest BCUT2D eigenvalue weighted by molar-refractivity contribution is 5.56. The number of aryl methyl sites for hydroxylation is 2. The van der Waals surface area contributed by atoms with Crippen molar-refractivity contribution in [2.45, 2.75) is 25.7 Å². The Labute approximate surface area is 109 Å². The second-order valence-corrected chi connectivity index (χ2v) is 4.96. The zero-order chi connectivity index (χ0) is 12.2. The maximum atomic E-state index is 3.50. The van der Waals surface area contributed by atoms with E-state index in [9.17, 15) is 0 Å². The Morgan fingerprint density at radius 1 is 0.889 bits per heavy atom. The van der Waals surface area contributed by atoms with Gasteiger partial charge >= 0.3 is 0 Å². The molecule has 3 rings (SSSR count). The van der Waals surface area contributed by atoms with Crippen LogP contribution in [0.25, 0.3) is 0 Å². The van der Waals surface area contributed by atoms with E-state index < -0.39 is 0 Å². The first-order chi connectivity index (χ1) is 8.93. The van der Waals surface area contributed by atoms with Crippen LogP contribution in [0.5, 0.6) is 0 Å². The molecule has 0 unspecified atom stereocenters. The Bertz CT molecular complexity index is 516. The van der Waals surface area contributed by atoms with Crippen molar-refractivity contribution < 1.29 is 0 Å². The van der Waals surface area contributed by atoms with Crippen molar-refractivity contribution in [3.05, 3.63) is 65.2 Å². The molecule has 1 aliphatic heterocycles. The van der Waals surface area contributed by atoms with Crippen molar-refractivity contribution >= 4 is 5.69 Å². The predicted molar refractivity (Wildman–Crippen MR) is 77.1 cm³/mol. The highest BCUT2D eigenvalue weighted by Crippen LogP contribution is 2.26. The third-order valence-electron chi connectivity index (χ3n) is 3.72. The molecule has 0 aromatic heterocycles. The number of anilines is 1. The van der Waals surface area contributed by atoms with Crippen LogP contribution >= 0.6 is 0 Å². The standard InChI is InChI=1S/C17H19N/c1-2-6-14(7-3-1)11-12-15-8-4-10-17-16(15)9-5-13-18-17/h1-4,6-8,10,18H,5,9,11-13H2. The summed E-state index contributed by atoms with van der Waals surface area (Å²) in [5, 5.41) is 3.50. The molecule has 1 heterocycles. The molecule has 0 radical (unpaired) electrons. The Hall–Kier alpha value is -1.76. The fourth-order valence-electron chi connectivity index (χ4n) is 2.74. The molecule has 0 bridgehead atoms. The van der Waals surface area contributed by atoms with Gasteiger partial charge in [0.05, 0.1) is 0 Å². The summed E-state index contributed by atoms with van der Waals surface area (Å²) in [6.45, 7) is 1.12. The normalized spacial score (nSPS) is 13.8. The van der Waals surface area contributed by atoms with Gasteiger partial charge in [0.1, 0.15) is 0 Å². The van der Waals surface area contributed by atoms with Gasteiger partial charge in [-0.15, -0.1) is 0 Å². The highest BCUT2D eigenvalue weighted by Gasteiger charge is 2.11. The van der Waals surface area contributed by atoms with Gasteiger partial charge in [-0.1, -0.05) is 42.5 Å². The second-order valence-electron chi connectivity index (χ2n) is 4.96. The molecule has 1 heteroatoms. The third kappa shape index (κ3) is 2.40. The lowest BCUT2D eigenvalue weighted by atomic mass is 9.94. The number of rotatable bonds is 3. The van der Waals surface area contributed by atoms with E-state index in [0.29, 0.717) is 0 Å². The van der Waals surface area contributed by atoms with Crippen LogP contribution in [0.4, 0.5) is 5.69 Å². The molecule has 92 valence electrons. The van der Waals surface area contributed by atoms with Gasteiger partial charge in [-0.2, -0.15) is 0 Å². The molecule has 0 saturated carbocycles. The SMILES string of the molecule is c1ccc(CCc2cccc3c2CCCN3)cc1. The minimum atomic E-state index is 1.12. The average Bonchev–Trinajstić information content (AvgIpc) is 2.46. The maximum absolute atomic E-state index is 3.50. The van der Waals surface area contributed by atoms with Crippen molar-refractivity contribution in [1.29, 1.82) is 0 Å². The largest absolute Gasteiger partial charge is 0.385 e. The first kappa shape index (κ1) is 11.3. The monoisotopic (exact) mass is 237 g/mol. The lowest BCUT2D eigenvalue weighted by Crippen LogP contribution is -2.13. The molecule has 0 amide bonds. The summed E-state index contributed by atoms with van der Waals surface area (Å²) in [4.78, 5) is 0. The van der Waals surface area contributed by atoms with Crippen LogP contribution in [-0.2, 0) is 19.3 Å². The molecule has 0 saturated heterocycles. The van der Waals surface area contributed by atoms with Gasteiger partial charge in [-0.05, 0) is 48.4 Å². The van der Waals surface area contributed by atoms with E-state index in [1.807, 2.05) is 0 Å². The number of hydrogen-bond acceptors (Lipinski definition) is 1. The van der Waals surface area contributed by atoms with Crippen LogP contribution in [-0.4, -0.2) is 6.54 Å². The van der Waals surface area contributed by atoms with E-state index in [0.717, 1.165) is 19.4 Å². The first-order valence-corrected chi connectivity index (χ1v) is 6.82. The zero-order valence-corrected chi connectivity index (χ0v) is 10.7. The molecule has 2 aromatic rings. The summed E-state index contributed by atoms with van der Waals surface area (Å²) in [6, 6.07) is 17.4. The Morgan fingerprint density at radius 3 is 2.67 bits per heavy atom. The lowest BCUT2D eigenvalue weighted by molar-refractivity contribution is 0.808. The Kier molecular flexibility index (Phi) is 3.31. The average molecular weight is 237 g/mol. The van der Waals surface area contributed by atoms with Crippen molar-refractivity contribution in [2.24, 2.45) is 0 Å². The van der Waals surface area contributed by atoms with Crippen molar-refractivity contribution in [3.8, 4) is 0 Å². The number of nitrogens with one attached hydrogen (secondary N) is 1. The summed E-state index contributed by atoms with van der Waals surface area (Å²) in [7, 11) is 0. The molecular formula is C17H19N. The summed E-state index contributed by atoms with van der Waals surface area (Å²) in [6.07, 6.45) is 4.77.